The summed E-state index contributed by atoms with van der Waals surface area (Å²) in [6.45, 7) is 0. The van der Waals surface area contributed by atoms with Gasteiger partial charge < -0.3 is 5.11 Å². The molecule has 0 spiro atoms. The van der Waals surface area contributed by atoms with E-state index in [0.717, 1.165) is 0 Å². The fourth-order valence-electron chi connectivity index (χ4n) is 1.78. The largest absolute Gasteiger partial charge is 0.476 e. The van der Waals surface area contributed by atoms with Crippen LogP contribution in [0.15, 0.2) is 60.7 Å². The number of aliphatic carboxylic acids is 1. The summed E-state index contributed by atoms with van der Waals surface area (Å²) < 4.78 is 27.1. The number of carbonyl (C=O) groups is 1. The number of benzene rings is 2. The van der Waals surface area contributed by atoms with Gasteiger partial charge in [0.25, 0.3) is 0 Å². The third kappa shape index (κ3) is 3.36. The topological polar surface area (TPSA) is 37.3 Å². The van der Waals surface area contributed by atoms with Crippen LogP contribution in [0.25, 0.3) is 0 Å². The molecule has 0 aromatic heterocycles. The Hall–Kier alpha value is -1.88. The standard InChI is InChI=1S/C15H12F2O2S/c16-15(17,14(18)19)20-13(11-7-3-1-4-8-11)12-9-5-2-6-10-12/h1-10,13H,(H,18,19). The SMILES string of the molecule is O=C(O)C(F)(F)SC(c1ccccc1)c1ccccc1. The van der Waals surface area contributed by atoms with E-state index in [1.165, 1.54) is 0 Å². The van der Waals surface area contributed by atoms with Gasteiger partial charge in [-0.2, -0.15) is 8.78 Å². The molecule has 0 amide bonds. The second-order valence-corrected chi connectivity index (χ2v) is 5.36. The average Bonchev–Trinajstić information content (AvgIpc) is 2.46. The van der Waals surface area contributed by atoms with E-state index in [0.29, 0.717) is 11.1 Å². The van der Waals surface area contributed by atoms with Crippen molar-refractivity contribution >= 4 is 17.7 Å². The molecule has 0 aliphatic rings. The number of hydrogen-bond acceptors (Lipinski definition) is 2. The van der Waals surface area contributed by atoms with Gasteiger partial charge in [0, 0.05) is 0 Å². The number of rotatable bonds is 5. The minimum absolute atomic E-state index is 0.128. The molecule has 0 bridgehead atoms. The number of halogens is 2. The molecule has 2 aromatic rings. The molecule has 0 fully saturated rings. The van der Waals surface area contributed by atoms with Gasteiger partial charge in [0.1, 0.15) is 0 Å². The van der Waals surface area contributed by atoms with Crippen molar-refractivity contribution in [1.82, 2.24) is 0 Å². The molecule has 1 N–H and O–H groups in total. The summed E-state index contributed by atoms with van der Waals surface area (Å²) in [5.41, 5.74) is 1.29. The Kier molecular flexibility index (Phi) is 4.39. The third-order valence-corrected chi connectivity index (χ3v) is 3.97. The highest BCUT2D eigenvalue weighted by Crippen LogP contribution is 2.44. The van der Waals surface area contributed by atoms with Gasteiger partial charge in [-0.05, 0) is 11.1 Å². The lowest BCUT2D eigenvalue weighted by molar-refractivity contribution is -0.152. The van der Waals surface area contributed by atoms with E-state index in [-0.39, 0.29) is 11.8 Å². The second kappa shape index (κ2) is 6.05. The van der Waals surface area contributed by atoms with E-state index >= 15 is 0 Å². The second-order valence-electron chi connectivity index (χ2n) is 4.14. The summed E-state index contributed by atoms with van der Waals surface area (Å²) >= 11 is 0.128. The van der Waals surface area contributed by atoms with E-state index in [2.05, 4.69) is 0 Å². The van der Waals surface area contributed by atoms with Crippen LogP contribution in [0.4, 0.5) is 8.78 Å². The van der Waals surface area contributed by atoms with Crippen molar-refractivity contribution < 1.29 is 18.7 Å². The fourth-order valence-corrected chi connectivity index (χ4v) is 2.77. The highest BCUT2D eigenvalue weighted by Gasteiger charge is 2.42. The molecule has 0 aliphatic carbocycles. The van der Waals surface area contributed by atoms with Crippen LogP contribution in [0.5, 0.6) is 0 Å². The molecule has 104 valence electrons. The Labute approximate surface area is 119 Å². The molecule has 0 heterocycles. The van der Waals surface area contributed by atoms with Crippen LogP contribution in [0.3, 0.4) is 0 Å². The zero-order valence-corrected chi connectivity index (χ0v) is 11.2. The van der Waals surface area contributed by atoms with Crippen molar-refractivity contribution in [1.29, 1.82) is 0 Å². The summed E-state index contributed by atoms with van der Waals surface area (Å²) in [5.74, 6) is -2.13. The van der Waals surface area contributed by atoms with Crippen LogP contribution in [-0.2, 0) is 4.79 Å². The first-order valence-corrected chi connectivity index (χ1v) is 6.77. The van der Waals surface area contributed by atoms with Gasteiger partial charge in [0.15, 0.2) is 0 Å². The van der Waals surface area contributed by atoms with Crippen molar-refractivity contribution in [2.45, 2.75) is 10.5 Å². The Morgan fingerprint density at radius 2 is 1.35 bits per heavy atom. The van der Waals surface area contributed by atoms with Crippen LogP contribution < -0.4 is 0 Å². The first-order valence-electron chi connectivity index (χ1n) is 5.89. The molecular weight excluding hydrogens is 282 g/mol. The molecule has 5 heteroatoms. The molecule has 20 heavy (non-hydrogen) atoms. The maximum absolute atomic E-state index is 13.5. The van der Waals surface area contributed by atoms with Crippen molar-refractivity contribution in [2.24, 2.45) is 0 Å². The molecule has 0 saturated carbocycles. The van der Waals surface area contributed by atoms with Gasteiger partial charge in [-0.1, -0.05) is 72.4 Å². The molecule has 2 rings (SSSR count). The first-order chi connectivity index (χ1) is 9.50. The third-order valence-electron chi connectivity index (χ3n) is 2.72. The summed E-state index contributed by atoms with van der Waals surface area (Å²) in [7, 11) is 0. The van der Waals surface area contributed by atoms with E-state index in [4.69, 9.17) is 5.11 Å². The van der Waals surface area contributed by atoms with Crippen LogP contribution in [-0.4, -0.2) is 16.3 Å². The minimum atomic E-state index is -3.84. The monoisotopic (exact) mass is 294 g/mol. The number of hydrogen-bond donors (Lipinski definition) is 1. The molecule has 0 saturated heterocycles. The number of carboxylic acid groups (broad SMARTS) is 1. The lowest BCUT2D eigenvalue weighted by Gasteiger charge is -2.21. The molecule has 0 unspecified atom stereocenters. The smallest absolute Gasteiger partial charge is 0.389 e. The van der Waals surface area contributed by atoms with Gasteiger partial charge in [-0.3, -0.25) is 0 Å². The quantitative estimate of drug-likeness (QED) is 0.898. The van der Waals surface area contributed by atoms with Gasteiger partial charge >= 0.3 is 11.2 Å². The van der Waals surface area contributed by atoms with E-state index in [1.54, 1.807) is 60.7 Å². The molecule has 0 aliphatic heterocycles. The normalized spacial score (nSPS) is 11.6. The van der Waals surface area contributed by atoms with E-state index in [9.17, 15) is 13.6 Å². The Balaban J connectivity index is 2.38. The highest BCUT2D eigenvalue weighted by atomic mass is 32.2. The summed E-state index contributed by atoms with van der Waals surface area (Å²) in [6, 6.07) is 17.4. The lowest BCUT2D eigenvalue weighted by atomic mass is 10.0. The molecule has 2 nitrogen and oxygen atoms in total. The van der Waals surface area contributed by atoms with Gasteiger partial charge in [-0.25, -0.2) is 4.79 Å². The van der Waals surface area contributed by atoms with Crippen LogP contribution in [0, 0.1) is 0 Å². The van der Waals surface area contributed by atoms with Crippen molar-refractivity contribution in [3.05, 3.63) is 71.8 Å². The molecule has 0 atom stereocenters. The zero-order chi connectivity index (χ0) is 14.6. The molecular formula is C15H12F2O2S. The maximum atomic E-state index is 13.5. The van der Waals surface area contributed by atoms with E-state index < -0.39 is 16.5 Å². The summed E-state index contributed by atoms with van der Waals surface area (Å²) in [4.78, 5) is 10.6. The van der Waals surface area contributed by atoms with Gasteiger partial charge in [-0.15, -0.1) is 0 Å². The van der Waals surface area contributed by atoms with Gasteiger partial charge in [0.2, 0.25) is 0 Å². The fraction of sp³-hybridized carbons (Fsp3) is 0.133. The Morgan fingerprint density at radius 3 is 1.70 bits per heavy atom. The van der Waals surface area contributed by atoms with Crippen LogP contribution >= 0.6 is 11.8 Å². The lowest BCUT2D eigenvalue weighted by Crippen LogP contribution is -2.25. The van der Waals surface area contributed by atoms with Gasteiger partial charge in [0.05, 0.1) is 5.25 Å². The van der Waals surface area contributed by atoms with Crippen molar-refractivity contribution in [2.75, 3.05) is 0 Å². The number of carboxylic acids is 1. The van der Waals surface area contributed by atoms with Crippen LogP contribution in [0.1, 0.15) is 16.4 Å². The predicted molar refractivity (Wildman–Crippen MR) is 74.9 cm³/mol. The van der Waals surface area contributed by atoms with Crippen molar-refractivity contribution in [3.8, 4) is 0 Å². The predicted octanol–water partition coefficient (Wildman–Crippen LogP) is 4.19. The highest BCUT2D eigenvalue weighted by molar-refractivity contribution is 8.01. The maximum Gasteiger partial charge on any atom is 0.389 e. The molecule has 0 radical (unpaired) electrons. The Bertz CT molecular complexity index is 533. The minimum Gasteiger partial charge on any atom is -0.476 e. The van der Waals surface area contributed by atoms with Crippen LogP contribution in [0.2, 0.25) is 0 Å². The summed E-state index contributed by atoms with van der Waals surface area (Å²) in [6.07, 6.45) is 0. The first kappa shape index (κ1) is 14.5. The summed E-state index contributed by atoms with van der Waals surface area (Å²) in [5, 5.41) is 4.04. The van der Waals surface area contributed by atoms with Crippen molar-refractivity contribution in [3.63, 3.8) is 0 Å². The molecule has 2 aromatic carbocycles. The average molecular weight is 294 g/mol. The zero-order valence-electron chi connectivity index (χ0n) is 10.4. The number of thioether (sulfide) groups is 1. The number of alkyl halides is 2. The van der Waals surface area contributed by atoms with E-state index in [1.807, 2.05) is 0 Å². The Morgan fingerprint density at radius 1 is 0.950 bits per heavy atom.